The summed E-state index contributed by atoms with van der Waals surface area (Å²) in [4.78, 5) is 34.2. The third-order valence-corrected chi connectivity index (χ3v) is 3.88. The molecule has 1 unspecified atom stereocenters. The quantitative estimate of drug-likeness (QED) is 0.565. The number of benzene rings is 2. The molecule has 0 aliphatic heterocycles. The molecular weight excluding hydrogens is 413 g/mol. The first-order chi connectivity index (χ1) is 12.3. The van der Waals surface area contributed by atoms with E-state index in [1.54, 1.807) is 6.07 Å². The van der Waals surface area contributed by atoms with Crippen molar-refractivity contribution in [3.05, 3.63) is 68.4 Å². The van der Waals surface area contributed by atoms with Gasteiger partial charge in [0.15, 0.2) is 17.7 Å². The Hall–Kier alpha value is -3.01. The van der Waals surface area contributed by atoms with Crippen LogP contribution in [-0.4, -0.2) is 22.8 Å². The number of hydrogen-bond acceptors (Lipinski definition) is 5. The number of hydrazine groups is 1. The smallest absolute Gasteiger partial charge is 0.284 e. The summed E-state index contributed by atoms with van der Waals surface area (Å²) in [6.45, 7) is 1.37. The lowest BCUT2D eigenvalue weighted by atomic mass is 10.2. The van der Waals surface area contributed by atoms with Crippen molar-refractivity contribution in [2.45, 2.75) is 13.0 Å². The Morgan fingerprint density at radius 1 is 1.23 bits per heavy atom. The van der Waals surface area contributed by atoms with Crippen LogP contribution in [-0.2, 0) is 4.79 Å². The van der Waals surface area contributed by atoms with Crippen molar-refractivity contribution in [2.24, 2.45) is 0 Å². The zero-order valence-corrected chi connectivity index (χ0v) is 14.9. The molecule has 0 heterocycles. The first-order valence-electron chi connectivity index (χ1n) is 7.25. The number of nitro groups is 1. The molecule has 0 aromatic heterocycles. The van der Waals surface area contributed by atoms with Crippen molar-refractivity contribution in [2.75, 3.05) is 0 Å². The van der Waals surface area contributed by atoms with Crippen LogP contribution in [0.4, 0.5) is 10.1 Å². The predicted molar refractivity (Wildman–Crippen MR) is 92.9 cm³/mol. The Balaban J connectivity index is 1.96. The second-order valence-electron chi connectivity index (χ2n) is 5.06. The lowest BCUT2D eigenvalue weighted by Crippen LogP contribution is -2.47. The maximum absolute atomic E-state index is 13.5. The van der Waals surface area contributed by atoms with Crippen molar-refractivity contribution in [1.82, 2.24) is 10.9 Å². The Morgan fingerprint density at radius 2 is 1.92 bits per heavy atom. The third-order valence-electron chi connectivity index (χ3n) is 3.21. The van der Waals surface area contributed by atoms with Gasteiger partial charge in [-0.05, 0) is 47.1 Å². The first kappa shape index (κ1) is 19.3. The SMILES string of the molecule is CC(Oc1ccccc1F)C(=O)NNC(=O)c1ccc(Br)c([N+](=O)[O-])c1. The third kappa shape index (κ3) is 4.76. The Kier molecular flexibility index (Phi) is 6.23. The van der Waals surface area contributed by atoms with Crippen molar-refractivity contribution in [3.63, 3.8) is 0 Å². The molecule has 0 bridgehead atoms. The van der Waals surface area contributed by atoms with E-state index in [2.05, 4.69) is 26.8 Å². The van der Waals surface area contributed by atoms with Gasteiger partial charge in [0.1, 0.15) is 0 Å². The predicted octanol–water partition coefficient (Wildman–Crippen LogP) is 2.72. The normalized spacial score (nSPS) is 11.3. The molecular formula is C16H13BrFN3O5. The van der Waals surface area contributed by atoms with E-state index in [4.69, 9.17) is 4.74 Å². The van der Waals surface area contributed by atoms with Gasteiger partial charge in [-0.2, -0.15) is 0 Å². The summed E-state index contributed by atoms with van der Waals surface area (Å²) in [5.74, 6) is -2.22. The van der Waals surface area contributed by atoms with Crippen molar-refractivity contribution in [1.29, 1.82) is 0 Å². The minimum Gasteiger partial charge on any atom is -0.478 e. The maximum atomic E-state index is 13.5. The average molecular weight is 426 g/mol. The van der Waals surface area contributed by atoms with Gasteiger partial charge < -0.3 is 4.74 Å². The van der Waals surface area contributed by atoms with Crippen molar-refractivity contribution < 1.29 is 23.6 Å². The van der Waals surface area contributed by atoms with E-state index in [1.807, 2.05) is 0 Å². The molecule has 0 saturated heterocycles. The molecule has 2 amide bonds. The molecule has 1 atom stereocenters. The van der Waals surface area contributed by atoms with E-state index in [0.29, 0.717) is 0 Å². The van der Waals surface area contributed by atoms with Gasteiger partial charge in [0.25, 0.3) is 17.5 Å². The first-order valence-corrected chi connectivity index (χ1v) is 8.04. The van der Waals surface area contributed by atoms with Gasteiger partial charge in [-0.1, -0.05) is 12.1 Å². The van der Waals surface area contributed by atoms with Crippen LogP contribution < -0.4 is 15.6 Å². The van der Waals surface area contributed by atoms with E-state index in [0.717, 1.165) is 6.07 Å². The highest BCUT2D eigenvalue weighted by molar-refractivity contribution is 9.10. The molecule has 0 saturated carbocycles. The van der Waals surface area contributed by atoms with Crippen molar-refractivity contribution in [3.8, 4) is 5.75 Å². The summed E-state index contributed by atoms with van der Waals surface area (Å²) in [5, 5.41) is 10.9. The largest absolute Gasteiger partial charge is 0.478 e. The summed E-state index contributed by atoms with van der Waals surface area (Å²) in [7, 11) is 0. The number of nitrogens with zero attached hydrogens (tertiary/aromatic N) is 1. The summed E-state index contributed by atoms with van der Waals surface area (Å²) in [5.41, 5.74) is 3.92. The van der Waals surface area contributed by atoms with E-state index >= 15 is 0 Å². The van der Waals surface area contributed by atoms with Crippen LogP contribution in [0.5, 0.6) is 5.75 Å². The highest BCUT2D eigenvalue weighted by Gasteiger charge is 2.19. The molecule has 136 valence electrons. The zero-order chi connectivity index (χ0) is 19.3. The number of amides is 2. The molecule has 0 aliphatic rings. The van der Waals surface area contributed by atoms with E-state index in [9.17, 15) is 24.1 Å². The fourth-order valence-corrected chi connectivity index (χ4v) is 2.26. The van der Waals surface area contributed by atoms with Gasteiger partial charge >= 0.3 is 0 Å². The molecule has 0 aliphatic carbocycles. The number of carbonyl (C=O) groups excluding carboxylic acids is 2. The highest BCUT2D eigenvalue weighted by Crippen LogP contribution is 2.25. The molecule has 2 aromatic rings. The number of ether oxygens (including phenoxy) is 1. The van der Waals surface area contributed by atoms with E-state index in [-0.39, 0.29) is 21.5 Å². The molecule has 0 fully saturated rings. The van der Waals surface area contributed by atoms with Crippen LogP contribution in [0.15, 0.2) is 46.9 Å². The fourth-order valence-electron chi connectivity index (χ4n) is 1.87. The van der Waals surface area contributed by atoms with Crippen LogP contribution in [0, 0.1) is 15.9 Å². The van der Waals surface area contributed by atoms with E-state index < -0.39 is 28.7 Å². The molecule has 0 spiro atoms. The van der Waals surface area contributed by atoms with Crippen LogP contribution in [0.1, 0.15) is 17.3 Å². The van der Waals surface area contributed by atoms with Crippen LogP contribution in [0.25, 0.3) is 0 Å². The number of rotatable bonds is 5. The number of nitrogens with one attached hydrogen (secondary N) is 2. The summed E-state index contributed by atoms with van der Waals surface area (Å²) in [6, 6.07) is 9.32. The second kappa shape index (κ2) is 8.39. The van der Waals surface area contributed by atoms with Crippen LogP contribution >= 0.6 is 15.9 Å². The Labute approximate surface area is 155 Å². The monoisotopic (exact) mass is 425 g/mol. The molecule has 8 nitrogen and oxygen atoms in total. The number of para-hydroxylation sites is 1. The number of halogens is 2. The fraction of sp³-hybridized carbons (Fsp3) is 0.125. The van der Waals surface area contributed by atoms with Crippen LogP contribution in [0.3, 0.4) is 0 Å². The molecule has 2 N–H and O–H groups in total. The van der Waals surface area contributed by atoms with Gasteiger partial charge in [-0.15, -0.1) is 0 Å². The Morgan fingerprint density at radius 3 is 2.58 bits per heavy atom. The lowest BCUT2D eigenvalue weighted by Gasteiger charge is -2.15. The summed E-state index contributed by atoms with van der Waals surface area (Å²) in [6.07, 6.45) is -1.09. The summed E-state index contributed by atoms with van der Waals surface area (Å²) >= 11 is 3.01. The maximum Gasteiger partial charge on any atom is 0.284 e. The summed E-state index contributed by atoms with van der Waals surface area (Å²) < 4.78 is 18.9. The van der Waals surface area contributed by atoms with Crippen molar-refractivity contribution >= 4 is 33.4 Å². The minimum absolute atomic E-state index is 0.0251. The molecule has 2 aromatic carbocycles. The van der Waals surface area contributed by atoms with Gasteiger partial charge in [0.2, 0.25) is 0 Å². The number of carbonyl (C=O) groups is 2. The Bertz CT molecular complexity index is 862. The molecule has 0 radical (unpaired) electrons. The zero-order valence-electron chi connectivity index (χ0n) is 13.4. The van der Waals surface area contributed by atoms with Gasteiger partial charge in [-0.3, -0.25) is 30.6 Å². The van der Waals surface area contributed by atoms with Gasteiger partial charge in [-0.25, -0.2) is 4.39 Å². The standard InChI is InChI=1S/C16H13BrFN3O5/c1-9(26-14-5-3-2-4-12(14)18)15(22)19-20-16(23)10-6-7-11(17)13(8-10)21(24)25/h2-9H,1H3,(H,19,22)(H,20,23). The lowest BCUT2D eigenvalue weighted by molar-refractivity contribution is -0.385. The van der Waals surface area contributed by atoms with Gasteiger partial charge in [0, 0.05) is 11.6 Å². The molecule has 10 heteroatoms. The average Bonchev–Trinajstić information content (AvgIpc) is 2.61. The topological polar surface area (TPSA) is 111 Å². The number of hydrogen-bond donors (Lipinski definition) is 2. The second-order valence-corrected chi connectivity index (χ2v) is 5.91. The molecule has 26 heavy (non-hydrogen) atoms. The van der Waals surface area contributed by atoms with E-state index in [1.165, 1.54) is 37.3 Å². The van der Waals surface area contributed by atoms with Gasteiger partial charge in [0.05, 0.1) is 9.40 Å². The minimum atomic E-state index is -1.09. The highest BCUT2D eigenvalue weighted by atomic mass is 79.9. The van der Waals surface area contributed by atoms with Crippen LogP contribution in [0.2, 0.25) is 0 Å². The molecule has 2 rings (SSSR count). The number of nitro benzene ring substituents is 1.